The molecule has 8 heteroatoms. The smallest absolute Gasteiger partial charge is 0.233 e. The van der Waals surface area contributed by atoms with Gasteiger partial charge in [0.25, 0.3) is 0 Å². The Morgan fingerprint density at radius 2 is 1.93 bits per heavy atom. The van der Waals surface area contributed by atoms with Gasteiger partial charge in [-0.25, -0.2) is 4.39 Å². The molecule has 5 nitrogen and oxygen atoms in total. The van der Waals surface area contributed by atoms with Crippen LogP contribution in [0.15, 0.2) is 47.6 Å². The summed E-state index contributed by atoms with van der Waals surface area (Å²) in [5.74, 6) is 0.337. The molecule has 0 fully saturated rings. The number of carbonyl (C=O) groups is 1. The van der Waals surface area contributed by atoms with Crippen LogP contribution in [-0.4, -0.2) is 38.4 Å². The second kappa shape index (κ2) is 8.75. The minimum absolute atomic E-state index is 0.109. The number of amides is 1. The summed E-state index contributed by atoms with van der Waals surface area (Å²) in [4.78, 5) is 13.9. The van der Waals surface area contributed by atoms with E-state index in [1.807, 2.05) is 42.8 Å². The topological polar surface area (TPSA) is 51.0 Å². The first kappa shape index (κ1) is 20.4. The number of nitrogens with zero attached hydrogens (tertiary/aromatic N) is 4. The quantitative estimate of drug-likeness (QED) is 0.559. The van der Waals surface area contributed by atoms with Crippen LogP contribution in [0.3, 0.4) is 0 Å². The second-order valence-electron chi connectivity index (χ2n) is 6.47. The molecule has 146 valence electrons. The zero-order valence-electron chi connectivity index (χ0n) is 15.8. The molecule has 0 unspecified atom stereocenters. The lowest BCUT2D eigenvalue weighted by Gasteiger charge is -2.18. The van der Waals surface area contributed by atoms with Gasteiger partial charge in [0.2, 0.25) is 5.91 Å². The maximum Gasteiger partial charge on any atom is 0.233 e. The highest BCUT2D eigenvalue weighted by molar-refractivity contribution is 7.99. The van der Waals surface area contributed by atoms with Crippen LogP contribution >= 0.6 is 23.4 Å². The van der Waals surface area contributed by atoms with Gasteiger partial charge in [-0.15, -0.1) is 10.2 Å². The van der Waals surface area contributed by atoms with Crippen LogP contribution < -0.4 is 0 Å². The average Bonchev–Trinajstić information content (AvgIpc) is 3.04. The maximum absolute atomic E-state index is 13.9. The summed E-state index contributed by atoms with van der Waals surface area (Å²) >= 11 is 7.33. The number of hydrogen-bond acceptors (Lipinski definition) is 4. The van der Waals surface area contributed by atoms with Crippen LogP contribution in [0.2, 0.25) is 5.02 Å². The van der Waals surface area contributed by atoms with Crippen molar-refractivity contribution < 1.29 is 9.18 Å². The van der Waals surface area contributed by atoms with Crippen LogP contribution in [0.25, 0.3) is 11.4 Å². The van der Waals surface area contributed by atoms with Gasteiger partial charge < -0.3 is 9.47 Å². The Morgan fingerprint density at radius 3 is 2.61 bits per heavy atom. The van der Waals surface area contributed by atoms with E-state index in [0.29, 0.717) is 15.7 Å². The fourth-order valence-corrected chi connectivity index (χ4v) is 3.71. The molecule has 3 rings (SSSR count). The average molecular weight is 419 g/mol. The van der Waals surface area contributed by atoms with E-state index in [-0.39, 0.29) is 18.2 Å². The molecular formula is C20H20ClFN4OS. The minimum Gasteiger partial charge on any atom is -0.341 e. The summed E-state index contributed by atoms with van der Waals surface area (Å²) in [7, 11) is 3.49. The highest BCUT2D eigenvalue weighted by atomic mass is 35.5. The molecule has 0 spiro atoms. The molecule has 0 saturated carbocycles. The lowest BCUT2D eigenvalue weighted by molar-refractivity contribution is -0.127. The molecular weight excluding hydrogens is 399 g/mol. The lowest BCUT2D eigenvalue weighted by atomic mass is 10.1. The van der Waals surface area contributed by atoms with E-state index in [2.05, 4.69) is 10.2 Å². The van der Waals surface area contributed by atoms with Crippen LogP contribution in [-0.2, 0) is 18.4 Å². The molecule has 0 radical (unpaired) electrons. The van der Waals surface area contributed by atoms with Crippen molar-refractivity contribution in [3.63, 3.8) is 0 Å². The van der Waals surface area contributed by atoms with Crippen molar-refractivity contribution in [3.8, 4) is 11.4 Å². The van der Waals surface area contributed by atoms with E-state index in [9.17, 15) is 9.18 Å². The number of benzene rings is 2. The predicted octanol–water partition coefficient (Wildman–Crippen LogP) is 4.33. The maximum atomic E-state index is 13.9. The molecule has 0 aliphatic carbocycles. The van der Waals surface area contributed by atoms with Crippen LogP contribution in [0.4, 0.5) is 4.39 Å². The van der Waals surface area contributed by atoms with Gasteiger partial charge in [-0.3, -0.25) is 4.79 Å². The zero-order valence-corrected chi connectivity index (χ0v) is 17.4. The van der Waals surface area contributed by atoms with E-state index >= 15 is 0 Å². The first-order valence-electron chi connectivity index (χ1n) is 8.63. The fraction of sp³-hybridized carbons (Fsp3) is 0.250. The summed E-state index contributed by atoms with van der Waals surface area (Å²) in [6.07, 6.45) is 0. The van der Waals surface area contributed by atoms with Crippen molar-refractivity contribution in [2.75, 3.05) is 12.8 Å². The number of hydrogen-bond donors (Lipinski definition) is 0. The summed E-state index contributed by atoms with van der Waals surface area (Å²) in [6, 6.07) is 12.5. The molecule has 1 amide bonds. The summed E-state index contributed by atoms with van der Waals surface area (Å²) < 4.78 is 15.8. The van der Waals surface area contributed by atoms with E-state index in [1.165, 1.54) is 28.3 Å². The minimum atomic E-state index is -0.421. The molecule has 0 saturated heterocycles. The van der Waals surface area contributed by atoms with Crippen molar-refractivity contribution in [1.82, 2.24) is 19.7 Å². The third-order valence-corrected chi connectivity index (χ3v) is 5.71. The van der Waals surface area contributed by atoms with Gasteiger partial charge in [0.05, 0.1) is 5.75 Å². The number of halogens is 2. The van der Waals surface area contributed by atoms with E-state index in [4.69, 9.17) is 11.6 Å². The highest BCUT2D eigenvalue weighted by Gasteiger charge is 2.17. The van der Waals surface area contributed by atoms with Crippen molar-refractivity contribution in [1.29, 1.82) is 0 Å². The Morgan fingerprint density at radius 1 is 1.21 bits per heavy atom. The van der Waals surface area contributed by atoms with Gasteiger partial charge in [0, 0.05) is 36.8 Å². The molecule has 0 aliphatic rings. The second-order valence-corrected chi connectivity index (χ2v) is 7.82. The Bertz CT molecular complexity index is 970. The molecule has 0 bridgehead atoms. The summed E-state index contributed by atoms with van der Waals surface area (Å²) in [5.41, 5.74) is 2.44. The van der Waals surface area contributed by atoms with Gasteiger partial charge in [-0.2, -0.15) is 0 Å². The Kier molecular flexibility index (Phi) is 6.36. The SMILES string of the molecule is Cc1ccc(-c2nnc(SCC(=O)N(C)Cc3c(F)cccc3Cl)n2C)cc1. The standard InChI is InChI=1S/C20H20ClFN4OS/c1-13-7-9-14(10-8-13)19-23-24-20(26(19)3)28-12-18(27)25(2)11-15-16(21)5-4-6-17(15)22/h4-10H,11-12H2,1-3H3. The van der Waals surface area contributed by atoms with Gasteiger partial charge in [-0.1, -0.05) is 59.3 Å². The molecule has 28 heavy (non-hydrogen) atoms. The van der Waals surface area contributed by atoms with Crippen molar-refractivity contribution in [2.45, 2.75) is 18.6 Å². The molecule has 1 heterocycles. The number of aryl methyl sites for hydroxylation is 1. The van der Waals surface area contributed by atoms with Crippen molar-refractivity contribution in [2.24, 2.45) is 7.05 Å². The first-order valence-corrected chi connectivity index (χ1v) is 9.99. The molecule has 2 aromatic carbocycles. The van der Waals surface area contributed by atoms with E-state index in [0.717, 1.165) is 11.4 Å². The van der Waals surface area contributed by atoms with Crippen LogP contribution in [0.5, 0.6) is 0 Å². The molecule has 0 atom stereocenters. The van der Waals surface area contributed by atoms with Crippen molar-refractivity contribution in [3.05, 3.63) is 64.4 Å². The Labute approximate surface area is 172 Å². The third kappa shape index (κ3) is 4.54. The number of aromatic nitrogens is 3. The molecule has 0 N–H and O–H groups in total. The highest BCUT2D eigenvalue weighted by Crippen LogP contribution is 2.24. The summed E-state index contributed by atoms with van der Waals surface area (Å²) in [6.45, 7) is 2.14. The Hall–Kier alpha value is -2.38. The zero-order chi connectivity index (χ0) is 20.3. The predicted molar refractivity (Wildman–Crippen MR) is 110 cm³/mol. The van der Waals surface area contributed by atoms with E-state index < -0.39 is 5.82 Å². The van der Waals surface area contributed by atoms with Gasteiger partial charge >= 0.3 is 0 Å². The lowest BCUT2D eigenvalue weighted by Crippen LogP contribution is -2.28. The van der Waals surface area contributed by atoms with E-state index in [1.54, 1.807) is 19.2 Å². The largest absolute Gasteiger partial charge is 0.341 e. The van der Waals surface area contributed by atoms with Gasteiger partial charge in [0.1, 0.15) is 5.82 Å². The molecule has 3 aromatic rings. The molecule has 0 aliphatic heterocycles. The van der Waals surface area contributed by atoms with Gasteiger partial charge in [-0.05, 0) is 19.1 Å². The van der Waals surface area contributed by atoms with Gasteiger partial charge in [0.15, 0.2) is 11.0 Å². The number of rotatable bonds is 6. The Balaban J connectivity index is 1.64. The molecule has 1 aromatic heterocycles. The first-order chi connectivity index (χ1) is 13.4. The number of carbonyl (C=O) groups excluding carboxylic acids is 1. The number of thioether (sulfide) groups is 1. The fourth-order valence-electron chi connectivity index (χ4n) is 2.64. The van der Waals surface area contributed by atoms with Crippen LogP contribution in [0.1, 0.15) is 11.1 Å². The third-order valence-electron chi connectivity index (χ3n) is 4.35. The monoisotopic (exact) mass is 418 g/mol. The summed E-state index contributed by atoms with van der Waals surface area (Å²) in [5, 5.41) is 9.36. The normalized spacial score (nSPS) is 10.9. The van der Waals surface area contributed by atoms with Crippen LogP contribution in [0, 0.1) is 12.7 Å². The van der Waals surface area contributed by atoms with Crippen molar-refractivity contribution >= 4 is 29.3 Å².